The molecule has 2 aliphatic rings. The van der Waals surface area contributed by atoms with Gasteiger partial charge < -0.3 is 15.5 Å². The van der Waals surface area contributed by atoms with Crippen LogP contribution in [-0.2, 0) is 4.79 Å². The zero-order valence-corrected chi connectivity index (χ0v) is 10.9. The summed E-state index contributed by atoms with van der Waals surface area (Å²) in [4.78, 5) is 13.8. The Balaban J connectivity index is 1.46. The fourth-order valence-electron chi connectivity index (χ4n) is 2.30. The number of carbonyl (C=O) groups excluding carboxylic acids is 1. The van der Waals surface area contributed by atoms with E-state index in [0.717, 1.165) is 19.0 Å². The first-order valence-corrected chi connectivity index (χ1v) is 6.92. The van der Waals surface area contributed by atoms with E-state index in [-0.39, 0.29) is 5.91 Å². The Labute approximate surface area is 104 Å². The van der Waals surface area contributed by atoms with E-state index in [2.05, 4.69) is 22.6 Å². The molecule has 2 fully saturated rings. The molecule has 17 heavy (non-hydrogen) atoms. The van der Waals surface area contributed by atoms with Gasteiger partial charge in [-0.05, 0) is 58.3 Å². The number of nitrogens with zero attached hydrogens (tertiary/aromatic N) is 1. The summed E-state index contributed by atoms with van der Waals surface area (Å²) in [6, 6.07) is 0.497. The van der Waals surface area contributed by atoms with E-state index in [4.69, 9.17) is 0 Å². The van der Waals surface area contributed by atoms with Gasteiger partial charge in [0.1, 0.15) is 0 Å². The minimum atomic E-state index is 0.211. The van der Waals surface area contributed by atoms with Crippen LogP contribution in [0.4, 0.5) is 0 Å². The highest BCUT2D eigenvalue weighted by Gasteiger charge is 2.22. The lowest BCUT2D eigenvalue weighted by atomic mass is 9.97. The zero-order chi connectivity index (χ0) is 12.1. The maximum Gasteiger partial charge on any atom is 0.221 e. The van der Waals surface area contributed by atoms with E-state index in [1.54, 1.807) is 0 Å². The lowest BCUT2D eigenvalue weighted by Gasteiger charge is -2.29. The number of piperidine rings is 1. The molecule has 0 atom stereocenters. The predicted octanol–water partition coefficient (Wildman–Crippen LogP) is 0.587. The smallest absolute Gasteiger partial charge is 0.221 e. The van der Waals surface area contributed by atoms with Crippen molar-refractivity contribution in [2.45, 2.75) is 38.1 Å². The molecule has 1 saturated heterocycles. The first kappa shape index (κ1) is 12.8. The molecule has 0 radical (unpaired) electrons. The maximum atomic E-state index is 11.4. The van der Waals surface area contributed by atoms with E-state index >= 15 is 0 Å². The van der Waals surface area contributed by atoms with Gasteiger partial charge in [-0.15, -0.1) is 0 Å². The van der Waals surface area contributed by atoms with Crippen LogP contribution in [-0.4, -0.2) is 50.1 Å². The molecule has 4 heteroatoms. The number of amides is 1. The van der Waals surface area contributed by atoms with E-state index in [1.807, 2.05) is 0 Å². The van der Waals surface area contributed by atoms with Crippen molar-refractivity contribution < 1.29 is 4.79 Å². The molecule has 2 rings (SSSR count). The molecule has 0 spiro atoms. The molecule has 1 saturated carbocycles. The molecule has 1 amide bonds. The van der Waals surface area contributed by atoms with Gasteiger partial charge in [0.25, 0.3) is 0 Å². The third-order valence-electron chi connectivity index (χ3n) is 3.74. The Morgan fingerprint density at radius 3 is 2.59 bits per heavy atom. The standard InChI is InChI=1S/C13H25N3O/c1-16-8-5-11(6-9-16)10-14-7-4-13(17)15-12-2-3-12/h11-12,14H,2-10H2,1H3,(H,15,17). The lowest BCUT2D eigenvalue weighted by molar-refractivity contribution is -0.121. The fraction of sp³-hybridized carbons (Fsp3) is 0.923. The summed E-state index contributed by atoms with van der Waals surface area (Å²) in [6.07, 6.45) is 5.56. The molecular formula is C13H25N3O. The highest BCUT2D eigenvalue weighted by Crippen LogP contribution is 2.18. The van der Waals surface area contributed by atoms with E-state index in [0.29, 0.717) is 12.5 Å². The average molecular weight is 239 g/mol. The summed E-state index contributed by atoms with van der Waals surface area (Å²) in [6.45, 7) is 4.33. The number of likely N-dealkylation sites (tertiary alicyclic amines) is 1. The summed E-state index contributed by atoms with van der Waals surface area (Å²) in [5.74, 6) is 1.01. The molecular weight excluding hydrogens is 214 g/mol. The van der Waals surface area contributed by atoms with Gasteiger partial charge in [-0.25, -0.2) is 0 Å². The van der Waals surface area contributed by atoms with Crippen LogP contribution in [0.5, 0.6) is 0 Å². The van der Waals surface area contributed by atoms with Crippen molar-refractivity contribution in [3.8, 4) is 0 Å². The maximum absolute atomic E-state index is 11.4. The van der Waals surface area contributed by atoms with Crippen molar-refractivity contribution in [1.82, 2.24) is 15.5 Å². The summed E-state index contributed by atoms with van der Waals surface area (Å²) >= 11 is 0. The third kappa shape index (κ3) is 5.04. The molecule has 1 aliphatic heterocycles. The summed E-state index contributed by atoms with van der Waals surface area (Å²) < 4.78 is 0. The summed E-state index contributed by atoms with van der Waals surface area (Å²) in [5, 5.41) is 6.43. The van der Waals surface area contributed by atoms with Gasteiger partial charge in [-0.1, -0.05) is 0 Å². The molecule has 98 valence electrons. The normalized spacial score (nSPS) is 22.6. The molecule has 0 aromatic carbocycles. The van der Waals surface area contributed by atoms with E-state index in [1.165, 1.54) is 38.8 Å². The van der Waals surface area contributed by atoms with Gasteiger partial charge in [-0.3, -0.25) is 4.79 Å². The Hall–Kier alpha value is -0.610. The van der Waals surface area contributed by atoms with E-state index < -0.39 is 0 Å². The molecule has 0 aromatic heterocycles. The SMILES string of the molecule is CN1CCC(CNCCC(=O)NC2CC2)CC1. The first-order valence-electron chi connectivity index (χ1n) is 6.92. The van der Waals surface area contributed by atoms with Crippen LogP contribution < -0.4 is 10.6 Å². The number of hydrogen-bond acceptors (Lipinski definition) is 3. The Morgan fingerprint density at radius 2 is 1.94 bits per heavy atom. The number of carbonyl (C=O) groups is 1. The first-order chi connectivity index (χ1) is 8.24. The minimum absolute atomic E-state index is 0.211. The van der Waals surface area contributed by atoms with Crippen LogP contribution in [0.25, 0.3) is 0 Å². The van der Waals surface area contributed by atoms with Crippen molar-refractivity contribution in [3.63, 3.8) is 0 Å². The second-order valence-corrected chi connectivity index (χ2v) is 5.54. The third-order valence-corrected chi connectivity index (χ3v) is 3.74. The van der Waals surface area contributed by atoms with Crippen LogP contribution in [0.15, 0.2) is 0 Å². The number of nitrogens with one attached hydrogen (secondary N) is 2. The van der Waals surface area contributed by atoms with Crippen molar-refractivity contribution in [3.05, 3.63) is 0 Å². The van der Waals surface area contributed by atoms with Crippen molar-refractivity contribution in [2.24, 2.45) is 5.92 Å². The van der Waals surface area contributed by atoms with Gasteiger partial charge in [0.05, 0.1) is 0 Å². The van der Waals surface area contributed by atoms with Crippen LogP contribution in [0.2, 0.25) is 0 Å². The van der Waals surface area contributed by atoms with Gasteiger partial charge >= 0.3 is 0 Å². The number of rotatable bonds is 6. The highest BCUT2D eigenvalue weighted by atomic mass is 16.1. The summed E-state index contributed by atoms with van der Waals surface area (Å²) in [5.41, 5.74) is 0. The van der Waals surface area contributed by atoms with Gasteiger partial charge in [0.2, 0.25) is 5.91 Å². The topological polar surface area (TPSA) is 44.4 Å². The Kier molecular flexibility index (Phi) is 4.80. The molecule has 1 aliphatic carbocycles. The fourth-order valence-corrected chi connectivity index (χ4v) is 2.30. The second-order valence-electron chi connectivity index (χ2n) is 5.54. The van der Waals surface area contributed by atoms with Gasteiger partial charge in [0, 0.05) is 19.0 Å². The van der Waals surface area contributed by atoms with Gasteiger partial charge in [0.15, 0.2) is 0 Å². The van der Waals surface area contributed by atoms with Crippen LogP contribution in [0, 0.1) is 5.92 Å². The molecule has 1 heterocycles. The highest BCUT2D eigenvalue weighted by molar-refractivity contribution is 5.76. The minimum Gasteiger partial charge on any atom is -0.353 e. The van der Waals surface area contributed by atoms with Crippen LogP contribution in [0.3, 0.4) is 0 Å². The van der Waals surface area contributed by atoms with Gasteiger partial charge in [-0.2, -0.15) is 0 Å². The van der Waals surface area contributed by atoms with Crippen molar-refractivity contribution in [2.75, 3.05) is 33.2 Å². The van der Waals surface area contributed by atoms with Crippen LogP contribution in [0.1, 0.15) is 32.1 Å². The molecule has 2 N–H and O–H groups in total. The van der Waals surface area contributed by atoms with Crippen LogP contribution >= 0.6 is 0 Å². The predicted molar refractivity (Wildman–Crippen MR) is 68.9 cm³/mol. The Morgan fingerprint density at radius 1 is 1.24 bits per heavy atom. The average Bonchev–Trinajstić information content (AvgIpc) is 3.11. The van der Waals surface area contributed by atoms with Crippen molar-refractivity contribution >= 4 is 5.91 Å². The second kappa shape index (κ2) is 6.36. The molecule has 0 bridgehead atoms. The lowest BCUT2D eigenvalue weighted by Crippen LogP contribution is -2.36. The molecule has 4 nitrogen and oxygen atoms in total. The van der Waals surface area contributed by atoms with Crippen molar-refractivity contribution in [1.29, 1.82) is 0 Å². The monoisotopic (exact) mass is 239 g/mol. The zero-order valence-electron chi connectivity index (χ0n) is 10.9. The quantitative estimate of drug-likeness (QED) is 0.667. The molecule has 0 aromatic rings. The van der Waals surface area contributed by atoms with E-state index in [9.17, 15) is 4.79 Å². The Bertz CT molecular complexity index is 245. The molecule has 0 unspecified atom stereocenters. The number of hydrogen-bond donors (Lipinski definition) is 2. The largest absolute Gasteiger partial charge is 0.353 e. The summed E-state index contributed by atoms with van der Waals surface area (Å²) in [7, 11) is 2.19.